The average Bonchev–Trinajstić information content (AvgIpc) is 3.09. The minimum Gasteiger partial charge on any atom is -0.398 e. The first-order chi connectivity index (χ1) is 9.72. The fraction of sp³-hybridized carbons (Fsp3) is 0.462. The maximum Gasteiger partial charge on any atom is 0.183 e. The summed E-state index contributed by atoms with van der Waals surface area (Å²) in [5, 5.41) is 12.5. The van der Waals surface area contributed by atoms with Crippen LogP contribution in [0.15, 0.2) is 18.2 Å². The third kappa shape index (κ3) is 2.14. The molecule has 1 fully saturated rings. The second kappa shape index (κ2) is 5.38. The van der Waals surface area contributed by atoms with Crippen LogP contribution in [-0.4, -0.2) is 33.4 Å². The highest BCUT2D eigenvalue weighted by Gasteiger charge is 2.32. The van der Waals surface area contributed by atoms with Gasteiger partial charge in [0.25, 0.3) is 0 Å². The van der Waals surface area contributed by atoms with Crippen LogP contribution < -0.4 is 5.73 Å². The highest BCUT2D eigenvalue weighted by Crippen LogP contribution is 2.36. The molecular weight excluding hydrogens is 278 g/mol. The van der Waals surface area contributed by atoms with E-state index < -0.39 is 0 Å². The van der Waals surface area contributed by atoms with Crippen molar-refractivity contribution >= 4 is 17.3 Å². The van der Waals surface area contributed by atoms with Gasteiger partial charge in [0.05, 0.1) is 22.9 Å². The molecule has 3 rings (SSSR count). The number of benzene rings is 1. The predicted octanol–water partition coefficient (Wildman–Crippen LogP) is 2.32. The Morgan fingerprint density at radius 1 is 1.40 bits per heavy atom. The summed E-state index contributed by atoms with van der Waals surface area (Å²) in [4.78, 5) is 0. The van der Waals surface area contributed by atoms with Gasteiger partial charge in [-0.15, -0.1) is 5.10 Å². The van der Waals surface area contributed by atoms with Crippen LogP contribution in [0.4, 0.5) is 5.69 Å². The zero-order chi connectivity index (χ0) is 14.1. The summed E-state index contributed by atoms with van der Waals surface area (Å²) < 4.78 is 7.33. The molecule has 2 unspecified atom stereocenters. The lowest BCUT2D eigenvalue weighted by atomic mass is 10.1. The molecule has 0 saturated heterocycles. The first kappa shape index (κ1) is 13.3. The Hall–Kier alpha value is -1.66. The van der Waals surface area contributed by atoms with Crippen LogP contribution >= 0.6 is 11.6 Å². The lowest BCUT2D eigenvalue weighted by Gasteiger charge is -2.19. The summed E-state index contributed by atoms with van der Waals surface area (Å²) in [6, 6.07) is 5.62. The number of anilines is 1. The van der Waals surface area contributed by atoms with Gasteiger partial charge in [0.15, 0.2) is 5.82 Å². The molecule has 1 saturated carbocycles. The molecule has 2 atom stereocenters. The smallest absolute Gasteiger partial charge is 0.183 e. The van der Waals surface area contributed by atoms with Gasteiger partial charge in [-0.3, -0.25) is 0 Å². The summed E-state index contributed by atoms with van der Waals surface area (Å²) in [5.41, 5.74) is 7.12. The number of tetrazole rings is 1. The molecule has 2 N–H and O–H groups in total. The molecule has 1 heterocycles. The topological polar surface area (TPSA) is 78.8 Å². The van der Waals surface area contributed by atoms with Gasteiger partial charge in [0, 0.05) is 12.7 Å². The normalized spacial score (nSPS) is 22.3. The minimum absolute atomic E-state index is 0.136. The van der Waals surface area contributed by atoms with E-state index in [-0.39, 0.29) is 12.1 Å². The van der Waals surface area contributed by atoms with Gasteiger partial charge < -0.3 is 10.5 Å². The van der Waals surface area contributed by atoms with Crippen molar-refractivity contribution in [2.24, 2.45) is 0 Å². The second-order valence-electron chi connectivity index (χ2n) is 4.93. The Morgan fingerprint density at radius 2 is 2.25 bits per heavy atom. The quantitative estimate of drug-likeness (QED) is 0.879. The number of methoxy groups -OCH3 is 1. The van der Waals surface area contributed by atoms with E-state index in [1.165, 1.54) is 0 Å². The Balaban J connectivity index is 2.04. The number of halogens is 1. The van der Waals surface area contributed by atoms with Crippen LogP contribution in [0.1, 0.15) is 25.3 Å². The molecule has 1 aliphatic rings. The van der Waals surface area contributed by atoms with E-state index in [9.17, 15) is 0 Å². The Kier molecular flexibility index (Phi) is 3.58. The van der Waals surface area contributed by atoms with Gasteiger partial charge >= 0.3 is 0 Å². The molecule has 0 aliphatic heterocycles. The molecule has 106 valence electrons. The molecule has 0 amide bonds. The number of nitrogen functional groups attached to an aromatic ring is 1. The largest absolute Gasteiger partial charge is 0.398 e. The van der Waals surface area contributed by atoms with E-state index in [1.54, 1.807) is 13.2 Å². The first-order valence-corrected chi connectivity index (χ1v) is 6.95. The SMILES string of the molecule is COC1CCCC1n1nnnc1-c1cccc(N)c1Cl. The van der Waals surface area contributed by atoms with E-state index >= 15 is 0 Å². The van der Waals surface area contributed by atoms with Crippen molar-refractivity contribution in [3.8, 4) is 11.4 Å². The minimum atomic E-state index is 0.136. The van der Waals surface area contributed by atoms with Gasteiger partial charge in [-0.2, -0.15) is 0 Å². The zero-order valence-electron chi connectivity index (χ0n) is 11.2. The number of hydrogen-bond donors (Lipinski definition) is 1. The molecule has 0 spiro atoms. The molecular formula is C13H16ClN5O. The van der Waals surface area contributed by atoms with Crippen molar-refractivity contribution in [1.82, 2.24) is 20.2 Å². The van der Waals surface area contributed by atoms with E-state index in [2.05, 4.69) is 15.5 Å². The number of nitrogens with two attached hydrogens (primary N) is 1. The maximum absolute atomic E-state index is 6.27. The summed E-state index contributed by atoms with van der Waals surface area (Å²) in [7, 11) is 1.72. The monoisotopic (exact) mass is 293 g/mol. The van der Waals surface area contributed by atoms with Crippen molar-refractivity contribution in [3.63, 3.8) is 0 Å². The van der Waals surface area contributed by atoms with Crippen molar-refractivity contribution in [1.29, 1.82) is 0 Å². The number of rotatable bonds is 3. The van der Waals surface area contributed by atoms with Crippen LogP contribution in [0.25, 0.3) is 11.4 Å². The lowest BCUT2D eigenvalue weighted by molar-refractivity contribution is 0.0708. The fourth-order valence-corrected chi connectivity index (χ4v) is 2.99. The molecule has 20 heavy (non-hydrogen) atoms. The first-order valence-electron chi connectivity index (χ1n) is 6.57. The van der Waals surface area contributed by atoms with Crippen LogP contribution in [0.2, 0.25) is 5.02 Å². The van der Waals surface area contributed by atoms with Crippen molar-refractivity contribution in [3.05, 3.63) is 23.2 Å². The van der Waals surface area contributed by atoms with Crippen LogP contribution in [0, 0.1) is 0 Å². The summed E-state index contributed by atoms with van der Waals surface area (Å²) in [6.45, 7) is 0. The highest BCUT2D eigenvalue weighted by molar-refractivity contribution is 6.35. The van der Waals surface area contributed by atoms with Gasteiger partial charge in [0.2, 0.25) is 0 Å². The molecule has 2 aromatic rings. The van der Waals surface area contributed by atoms with Crippen LogP contribution in [-0.2, 0) is 4.74 Å². The average molecular weight is 294 g/mol. The zero-order valence-corrected chi connectivity index (χ0v) is 11.9. The van der Waals surface area contributed by atoms with Gasteiger partial charge in [-0.1, -0.05) is 17.7 Å². The van der Waals surface area contributed by atoms with Crippen LogP contribution in [0.5, 0.6) is 0 Å². The predicted molar refractivity (Wildman–Crippen MR) is 76.4 cm³/mol. The van der Waals surface area contributed by atoms with Gasteiger partial charge in [0.1, 0.15) is 0 Å². The van der Waals surface area contributed by atoms with E-state index in [4.69, 9.17) is 22.1 Å². The molecule has 1 aromatic carbocycles. The van der Waals surface area contributed by atoms with E-state index in [0.717, 1.165) is 24.8 Å². The third-order valence-corrected chi connectivity index (χ3v) is 4.22. The Morgan fingerprint density at radius 3 is 3.05 bits per heavy atom. The number of hydrogen-bond acceptors (Lipinski definition) is 5. The maximum atomic E-state index is 6.27. The molecule has 1 aromatic heterocycles. The van der Waals surface area contributed by atoms with E-state index in [1.807, 2.05) is 16.8 Å². The van der Waals surface area contributed by atoms with Crippen LogP contribution in [0.3, 0.4) is 0 Å². The van der Waals surface area contributed by atoms with Gasteiger partial charge in [-0.05, 0) is 41.8 Å². The highest BCUT2D eigenvalue weighted by atomic mass is 35.5. The molecule has 0 bridgehead atoms. The summed E-state index contributed by atoms with van der Waals surface area (Å²) in [6.07, 6.45) is 3.26. The number of nitrogens with zero attached hydrogens (tertiary/aromatic N) is 4. The lowest BCUT2D eigenvalue weighted by Crippen LogP contribution is -2.22. The fourth-order valence-electron chi connectivity index (χ4n) is 2.78. The summed E-state index contributed by atoms with van der Waals surface area (Å²) >= 11 is 6.27. The summed E-state index contributed by atoms with van der Waals surface area (Å²) in [5.74, 6) is 0.635. The Bertz CT molecular complexity index is 615. The number of aromatic nitrogens is 4. The van der Waals surface area contributed by atoms with Crippen molar-refractivity contribution in [2.75, 3.05) is 12.8 Å². The molecule has 7 heteroatoms. The molecule has 0 radical (unpaired) electrons. The third-order valence-electron chi connectivity index (χ3n) is 3.80. The molecule has 6 nitrogen and oxygen atoms in total. The Labute approximate surface area is 121 Å². The van der Waals surface area contributed by atoms with E-state index in [0.29, 0.717) is 16.5 Å². The number of ether oxygens (including phenoxy) is 1. The van der Waals surface area contributed by atoms with Crippen molar-refractivity contribution < 1.29 is 4.74 Å². The second-order valence-corrected chi connectivity index (χ2v) is 5.31. The van der Waals surface area contributed by atoms with Crippen molar-refractivity contribution in [2.45, 2.75) is 31.4 Å². The standard InChI is InChI=1S/C13H16ClN5O/c1-20-11-7-3-6-10(11)19-13(16-17-18-19)8-4-2-5-9(15)12(8)14/h2,4-5,10-11H,3,6-7,15H2,1H3. The van der Waals surface area contributed by atoms with Gasteiger partial charge in [-0.25, -0.2) is 4.68 Å². The molecule has 1 aliphatic carbocycles.